The van der Waals surface area contributed by atoms with Crippen molar-refractivity contribution < 1.29 is 0 Å². The molecule has 0 aliphatic heterocycles. The first kappa shape index (κ1) is 11.0. The van der Waals surface area contributed by atoms with Crippen molar-refractivity contribution in [1.82, 2.24) is 0 Å². The molecule has 0 atom stereocenters. The Labute approximate surface area is 81.1 Å². The van der Waals surface area contributed by atoms with Gasteiger partial charge in [0.1, 0.15) is 0 Å². The molecule has 2 heteroatoms. The number of hydrogen-bond acceptors (Lipinski definition) is 0. The average Bonchev–Trinajstić information content (AvgIpc) is 2.03. The fourth-order valence-electron chi connectivity index (χ4n) is 0.900. The normalized spacial score (nSPS) is 8.45. The van der Waals surface area contributed by atoms with Gasteiger partial charge in [0.15, 0.2) is 0 Å². The highest BCUT2D eigenvalue weighted by atomic mass is 35.5. The lowest BCUT2D eigenvalue weighted by Crippen LogP contribution is -2.11. The van der Waals surface area contributed by atoms with Crippen LogP contribution in [0.15, 0.2) is 30.3 Å². The van der Waals surface area contributed by atoms with Gasteiger partial charge in [0, 0.05) is 0 Å². The minimum atomic E-state index is 0. The van der Waals surface area contributed by atoms with Gasteiger partial charge in [0.2, 0.25) is 15.2 Å². The number of rotatable bonds is 3. The summed E-state index contributed by atoms with van der Waals surface area (Å²) in [6.07, 6.45) is 1.32. The minimum Gasteiger partial charge on any atom is -0.147 e. The monoisotopic (exact) mass is 183 g/mol. The molecule has 0 N–H and O–H groups in total. The van der Waals surface area contributed by atoms with E-state index in [-0.39, 0.29) is 12.4 Å². The molecule has 0 unspecified atom stereocenters. The maximum Gasteiger partial charge on any atom is 0.250 e. The molecule has 11 heavy (non-hydrogen) atoms. The van der Waals surface area contributed by atoms with E-state index in [9.17, 15) is 0 Å². The molecule has 0 spiro atoms. The van der Waals surface area contributed by atoms with E-state index in [4.69, 9.17) is 0 Å². The Morgan fingerprint density at radius 3 is 2.36 bits per heavy atom. The second-order valence-electron chi connectivity index (χ2n) is 2.40. The van der Waals surface area contributed by atoms with E-state index in [1.54, 1.807) is 4.43 Å². The molecule has 0 saturated heterocycles. The van der Waals surface area contributed by atoms with Gasteiger partial charge in [0.25, 0.3) is 0 Å². The summed E-state index contributed by atoms with van der Waals surface area (Å²) >= 11 is 0.547. The smallest absolute Gasteiger partial charge is 0.147 e. The first-order chi connectivity index (χ1) is 4.93. The molecule has 0 aliphatic rings. The van der Waals surface area contributed by atoms with E-state index < -0.39 is 0 Å². The molecule has 0 aliphatic carbocycles. The molecular weight excluding hydrogens is 171 g/mol. The molecule has 0 amide bonds. The van der Waals surface area contributed by atoms with Gasteiger partial charge in [-0.2, -0.15) is 0 Å². The number of benzene rings is 1. The largest absolute Gasteiger partial charge is 0.250 e. The number of hydrogen-bond donors (Lipinski definition) is 0. The molecule has 0 nitrogen and oxygen atoms in total. The molecule has 0 bridgehead atoms. The van der Waals surface area contributed by atoms with Crippen LogP contribution in [0.25, 0.3) is 0 Å². The Kier molecular flexibility index (Phi) is 6.76. The summed E-state index contributed by atoms with van der Waals surface area (Å²) in [7, 11) is 0. The van der Waals surface area contributed by atoms with Gasteiger partial charge in [-0.3, -0.25) is 0 Å². The van der Waals surface area contributed by atoms with Crippen molar-refractivity contribution in [2.75, 3.05) is 0 Å². The van der Waals surface area contributed by atoms with Crippen molar-refractivity contribution >= 4 is 32.1 Å². The first-order valence-corrected chi connectivity index (χ1v) is 5.21. The summed E-state index contributed by atoms with van der Waals surface area (Å²) in [4.78, 5) is 0. The second kappa shape index (κ2) is 6.73. The highest BCUT2D eigenvalue weighted by molar-refractivity contribution is 6.53. The summed E-state index contributed by atoms with van der Waals surface area (Å²) in [6, 6.07) is 10.8. The molecule has 1 rings (SSSR count). The highest BCUT2D eigenvalue weighted by Crippen LogP contribution is 1.87. The summed E-state index contributed by atoms with van der Waals surface area (Å²) in [5.41, 5.74) is 0. The molecule has 0 heterocycles. The van der Waals surface area contributed by atoms with Crippen LogP contribution in [-0.2, 0) is 0 Å². The van der Waals surface area contributed by atoms with E-state index in [0.29, 0.717) is 15.2 Å². The predicted octanol–water partition coefficient (Wildman–Crippen LogP) is 2.27. The van der Waals surface area contributed by atoms with Gasteiger partial charge < -0.3 is 0 Å². The molecular formula is C9H13AlCl. The van der Waals surface area contributed by atoms with Crippen molar-refractivity contribution in [1.29, 1.82) is 0 Å². The second-order valence-corrected chi connectivity index (χ2v) is 4.06. The molecule has 0 fully saturated rings. The van der Waals surface area contributed by atoms with Crippen LogP contribution in [0.4, 0.5) is 0 Å². The van der Waals surface area contributed by atoms with Crippen molar-refractivity contribution in [2.45, 2.75) is 18.6 Å². The standard InChI is InChI=1S/C6H5.C3H7.Al.ClH/c1-2-4-6-5-3-1;1-3-2;;/h1-5H;1,3H2,2H3;;1H. The minimum absolute atomic E-state index is 0. The maximum atomic E-state index is 2.25. The fraction of sp³-hybridized carbons (Fsp3) is 0.333. The van der Waals surface area contributed by atoms with Crippen molar-refractivity contribution in [3.63, 3.8) is 0 Å². The van der Waals surface area contributed by atoms with Gasteiger partial charge >= 0.3 is 0 Å². The van der Waals surface area contributed by atoms with E-state index >= 15 is 0 Å². The summed E-state index contributed by atoms with van der Waals surface area (Å²) < 4.78 is 1.55. The Hall–Kier alpha value is 0.0425. The Balaban J connectivity index is 0.000001000. The molecule has 59 valence electrons. The molecule has 1 aromatic rings. The van der Waals surface area contributed by atoms with Crippen molar-refractivity contribution in [3.05, 3.63) is 30.3 Å². The van der Waals surface area contributed by atoms with Crippen LogP contribution in [-0.4, -0.2) is 15.2 Å². The van der Waals surface area contributed by atoms with Crippen LogP contribution in [0, 0.1) is 0 Å². The van der Waals surface area contributed by atoms with Crippen LogP contribution in [0.2, 0.25) is 5.28 Å². The Morgan fingerprint density at radius 1 is 1.18 bits per heavy atom. The van der Waals surface area contributed by atoms with Crippen molar-refractivity contribution in [3.8, 4) is 0 Å². The quantitative estimate of drug-likeness (QED) is 0.631. The summed E-state index contributed by atoms with van der Waals surface area (Å²) in [5, 5.41) is 1.39. The van der Waals surface area contributed by atoms with E-state index in [1.165, 1.54) is 11.7 Å². The lowest BCUT2D eigenvalue weighted by Gasteiger charge is -1.94. The lowest BCUT2D eigenvalue weighted by atomic mass is 10.4. The molecule has 1 radical (unpaired) electrons. The topological polar surface area (TPSA) is 0 Å². The fourth-order valence-corrected chi connectivity index (χ4v) is 2.02. The maximum absolute atomic E-state index is 2.25. The Morgan fingerprint density at radius 2 is 1.82 bits per heavy atom. The third-order valence-corrected chi connectivity index (χ3v) is 3.19. The predicted molar refractivity (Wildman–Crippen MR) is 54.2 cm³/mol. The molecule has 0 aromatic heterocycles. The van der Waals surface area contributed by atoms with Gasteiger partial charge in [-0.25, -0.2) is 0 Å². The first-order valence-electron chi connectivity index (χ1n) is 3.81. The zero-order valence-corrected chi connectivity index (χ0v) is 8.76. The molecule has 0 saturated carbocycles. The molecule has 1 aromatic carbocycles. The van der Waals surface area contributed by atoms with Crippen LogP contribution in [0.1, 0.15) is 13.3 Å². The average molecular weight is 184 g/mol. The van der Waals surface area contributed by atoms with Crippen molar-refractivity contribution in [2.24, 2.45) is 0 Å². The van der Waals surface area contributed by atoms with Gasteiger partial charge in [0.05, 0.1) is 0 Å². The van der Waals surface area contributed by atoms with Gasteiger partial charge in [-0.1, -0.05) is 49.0 Å². The van der Waals surface area contributed by atoms with Crippen LogP contribution in [0.5, 0.6) is 0 Å². The zero-order chi connectivity index (χ0) is 7.23. The third-order valence-electron chi connectivity index (χ3n) is 1.47. The van der Waals surface area contributed by atoms with Crippen LogP contribution < -0.4 is 4.43 Å². The highest BCUT2D eigenvalue weighted by Gasteiger charge is 1.91. The summed E-state index contributed by atoms with van der Waals surface area (Å²) in [5.74, 6) is 0. The SMILES string of the molecule is CC[CH2][Al][c]1ccccc1.Cl. The third kappa shape index (κ3) is 4.48. The van der Waals surface area contributed by atoms with E-state index in [2.05, 4.69) is 37.3 Å². The lowest BCUT2D eigenvalue weighted by molar-refractivity contribution is 1.08. The van der Waals surface area contributed by atoms with E-state index in [0.717, 1.165) is 0 Å². The van der Waals surface area contributed by atoms with E-state index in [1.807, 2.05) is 0 Å². The zero-order valence-electron chi connectivity index (χ0n) is 6.79. The van der Waals surface area contributed by atoms with Crippen LogP contribution in [0.3, 0.4) is 0 Å². The number of halogens is 1. The van der Waals surface area contributed by atoms with Crippen LogP contribution >= 0.6 is 12.4 Å². The van der Waals surface area contributed by atoms with Gasteiger partial charge in [-0.15, -0.1) is 16.8 Å². The van der Waals surface area contributed by atoms with Gasteiger partial charge in [-0.05, 0) is 0 Å². The Bertz CT molecular complexity index is 174. The summed E-state index contributed by atoms with van der Waals surface area (Å²) in [6.45, 7) is 2.25.